The number of hydrogen-bond acceptors (Lipinski definition) is 6. The Bertz CT molecular complexity index is 1040. The molecule has 1 amide bonds. The second-order valence-electron chi connectivity index (χ2n) is 6.41. The third-order valence-electron chi connectivity index (χ3n) is 4.49. The predicted molar refractivity (Wildman–Crippen MR) is 102 cm³/mol. The number of unbranched alkanes of at least 4 members (excludes halogenated alkanes) is 2. The first kappa shape index (κ1) is 17.8. The summed E-state index contributed by atoms with van der Waals surface area (Å²) >= 11 is 0. The Morgan fingerprint density at radius 1 is 1.00 bits per heavy atom. The van der Waals surface area contributed by atoms with Crippen molar-refractivity contribution in [2.24, 2.45) is 0 Å². The molecule has 0 aliphatic rings. The smallest absolute Gasteiger partial charge is 0.251 e. The molecular weight excluding hydrogens is 356 g/mol. The molecule has 0 fully saturated rings. The van der Waals surface area contributed by atoms with Crippen molar-refractivity contribution in [2.45, 2.75) is 25.7 Å². The van der Waals surface area contributed by atoms with Gasteiger partial charge in [0.15, 0.2) is 5.65 Å². The SMILES string of the molecule is O=C(NCCCCCc1nnc2ccccn12)c1ccc(-n2cnnn2)cc1. The summed E-state index contributed by atoms with van der Waals surface area (Å²) in [5, 5.41) is 22.4. The van der Waals surface area contributed by atoms with Crippen LogP contribution < -0.4 is 5.32 Å². The molecule has 4 aromatic rings. The highest BCUT2D eigenvalue weighted by molar-refractivity contribution is 5.94. The Labute approximate surface area is 161 Å². The molecule has 0 unspecified atom stereocenters. The van der Waals surface area contributed by atoms with Crippen LogP contribution in [0.2, 0.25) is 0 Å². The number of nitrogens with one attached hydrogen (secondary N) is 1. The van der Waals surface area contributed by atoms with Crippen LogP contribution in [-0.2, 0) is 6.42 Å². The van der Waals surface area contributed by atoms with Gasteiger partial charge in [-0.15, -0.1) is 15.3 Å². The van der Waals surface area contributed by atoms with Crippen LogP contribution in [0.3, 0.4) is 0 Å². The summed E-state index contributed by atoms with van der Waals surface area (Å²) in [6, 6.07) is 13.0. The van der Waals surface area contributed by atoms with Crippen LogP contribution in [0.4, 0.5) is 0 Å². The lowest BCUT2D eigenvalue weighted by atomic mass is 10.1. The lowest BCUT2D eigenvalue weighted by Crippen LogP contribution is -2.24. The van der Waals surface area contributed by atoms with Crippen LogP contribution >= 0.6 is 0 Å². The maximum Gasteiger partial charge on any atom is 0.251 e. The Hall–Kier alpha value is -3.62. The van der Waals surface area contributed by atoms with Gasteiger partial charge in [0.25, 0.3) is 5.91 Å². The van der Waals surface area contributed by atoms with Crippen LogP contribution in [0, 0.1) is 0 Å². The number of benzene rings is 1. The molecule has 28 heavy (non-hydrogen) atoms. The number of carbonyl (C=O) groups is 1. The fourth-order valence-corrected chi connectivity index (χ4v) is 3.00. The largest absolute Gasteiger partial charge is 0.352 e. The first-order valence-corrected chi connectivity index (χ1v) is 9.21. The zero-order valence-electron chi connectivity index (χ0n) is 15.3. The van der Waals surface area contributed by atoms with E-state index in [1.54, 1.807) is 16.8 Å². The molecule has 0 bridgehead atoms. The van der Waals surface area contributed by atoms with Gasteiger partial charge in [-0.2, -0.15) is 0 Å². The molecule has 0 saturated heterocycles. The number of pyridine rings is 1. The Morgan fingerprint density at radius 3 is 2.71 bits per heavy atom. The van der Waals surface area contributed by atoms with Gasteiger partial charge in [0.2, 0.25) is 0 Å². The Morgan fingerprint density at radius 2 is 1.89 bits per heavy atom. The zero-order chi connectivity index (χ0) is 19.2. The summed E-state index contributed by atoms with van der Waals surface area (Å²) in [6.45, 7) is 0.647. The first-order valence-electron chi connectivity index (χ1n) is 9.21. The maximum absolute atomic E-state index is 12.2. The minimum Gasteiger partial charge on any atom is -0.352 e. The molecule has 0 radical (unpaired) electrons. The van der Waals surface area contributed by atoms with Gasteiger partial charge in [0.05, 0.1) is 5.69 Å². The molecule has 0 spiro atoms. The number of aryl methyl sites for hydroxylation is 1. The normalized spacial score (nSPS) is 11.0. The van der Waals surface area contributed by atoms with E-state index in [9.17, 15) is 4.79 Å². The van der Waals surface area contributed by atoms with E-state index in [0.29, 0.717) is 12.1 Å². The number of carbonyl (C=O) groups excluding carboxylic acids is 1. The van der Waals surface area contributed by atoms with Gasteiger partial charge >= 0.3 is 0 Å². The molecule has 0 aliphatic heterocycles. The molecule has 0 saturated carbocycles. The summed E-state index contributed by atoms with van der Waals surface area (Å²) in [5.41, 5.74) is 2.30. The van der Waals surface area contributed by atoms with Crippen LogP contribution in [0.15, 0.2) is 55.0 Å². The van der Waals surface area contributed by atoms with E-state index in [1.807, 2.05) is 40.9 Å². The molecule has 1 N–H and O–H groups in total. The minimum atomic E-state index is -0.0771. The van der Waals surface area contributed by atoms with Crippen molar-refractivity contribution >= 4 is 11.6 Å². The van der Waals surface area contributed by atoms with Gasteiger partial charge in [0.1, 0.15) is 12.2 Å². The molecule has 9 nitrogen and oxygen atoms in total. The maximum atomic E-state index is 12.2. The molecule has 0 atom stereocenters. The van der Waals surface area contributed by atoms with E-state index >= 15 is 0 Å². The zero-order valence-corrected chi connectivity index (χ0v) is 15.3. The highest BCUT2D eigenvalue weighted by Gasteiger charge is 2.07. The monoisotopic (exact) mass is 376 g/mol. The van der Waals surface area contributed by atoms with Gasteiger partial charge in [-0.3, -0.25) is 9.20 Å². The second kappa shape index (κ2) is 8.38. The quantitative estimate of drug-likeness (QED) is 0.471. The molecule has 3 heterocycles. The van der Waals surface area contributed by atoms with E-state index in [2.05, 4.69) is 31.0 Å². The van der Waals surface area contributed by atoms with Crippen molar-refractivity contribution in [3.63, 3.8) is 0 Å². The van der Waals surface area contributed by atoms with Crippen LogP contribution in [0.5, 0.6) is 0 Å². The molecule has 1 aromatic carbocycles. The Balaban J connectivity index is 1.18. The van der Waals surface area contributed by atoms with E-state index in [4.69, 9.17) is 0 Å². The highest BCUT2D eigenvalue weighted by Crippen LogP contribution is 2.09. The van der Waals surface area contributed by atoms with Crippen LogP contribution in [0.1, 0.15) is 35.4 Å². The third-order valence-corrected chi connectivity index (χ3v) is 4.49. The Kier molecular flexibility index (Phi) is 5.32. The van der Waals surface area contributed by atoms with Crippen molar-refractivity contribution in [3.8, 4) is 5.69 Å². The lowest BCUT2D eigenvalue weighted by Gasteiger charge is -2.06. The van der Waals surface area contributed by atoms with Crippen LogP contribution in [-0.4, -0.2) is 47.3 Å². The summed E-state index contributed by atoms with van der Waals surface area (Å²) in [6.07, 6.45) is 7.31. The van der Waals surface area contributed by atoms with Gasteiger partial charge in [0, 0.05) is 24.7 Å². The van der Waals surface area contributed by atoms with Gasteiger partial charge in [-0.1, -0.05) is 12.5 Å². The number of amides is 1. The summed E-state index contributed by atoms with van der Waals surface area (Å²) in [7, 11) is 0. The number of nitrogens with zero attached hydrogens (tertiary/aromatic N) is 7. The fraction of sp³-hybridized carbons (Fsp3) is 0.263. The number of hydrogen-bond donors (Lipinski definition) is 1. The molecule has 142 valence electrons. The van der Waals surface area contributed by atoms with Crippen molar-refractivity contribution in [1.82, 2.24) is 40.1 Å². The van der Waals surface area contributed by atoms with Gasteiger partial charge in [-0.05, 0) is 59.7 Å². The van der Waals surface area contributed by atoms with Gasteiger partial charge in [-0.25, -0.2) is 4.68 Å². The van der Waals surface area contributed by atoms with E-state index in [-0.39, 0.29) is 5.91 Å². The summed E-state index contributed by atoms with van der Waals surface area (Å²) in [4.78, 5) is 12.2. The number of fused-ring (bicyclic) bond motifs is 1. The topological polar surface area (TPSA) is 103 Å². The molecular formula is C19H20N8O. The third kappa shape index (κ3) is 4.03. The average Bonchev–Trinajstić information content (AvgIpc) is 3.41. The number of rotatable bonds is 8. The van der Waals surface area contributed by atoms with Gasteiger partial charge < -0.3 is 5.32 Å². The standard InChI is InChI=1S/C19H20N8O/c28-19(15-8-10-16(11-9-15)27-14-21-24-25-27)20-12-4-1-2-6-17-22-23-18-7-3-5-13-26(17)18/h3,5,7-11,13-14H,1-2,4,6,12H2,(H,20,28). The predicted octanol–water partition coefficient (Wildman–Crippen LogP) is 1.85. The average molecular weight is 376 g/mol. The fourth-order valence-electron chi connectivity index (χ4n) is 3.00. The van der Waals surface area contributed by atoms with Crippen molar-refractivity contribution in [3.05, 3.63) is 66.4 Å². The van der Waals surface area contributed by atoms with E-state index < -0.39 is 0 Å². The molecule has 4 rings (SSSR count). The minimum absolute atomic E-state index is 0.0771. The molecule has 9 heteroatoms. The van der Waals surface area contributed by atoms with Crippen molar-refractivity contribution in [2.75, 3.05) is 6.54 Å². The van der Waals surface area contributed by atoms with Crippen LogP contribution in [0.25, 0.3) is 11.3 Å². The van der Waals surface area contributed by atoms with Crippen molar-refractivity contribution < 1.29 is 4.79 Å². The molecule has 0 aliphatic carbocycles. The van der Waals surface area contributed by atoms with Crippen molar-refractivity contribution in [1.29, 1.82) is 0 Å². The van der Waals surface area contributed by atoms with E-state index in [1.165, 1.54) is 6.33 Å². The second-order valence-corrected chi connectivity index (χ2v) is 6.41. The molecule has 3 aromatic heterocycles. The summed E-state index contributed by atoms with van der Waals surface area (Å²) < 4.78 is 3.56. The summed E-state index contributed by atoms with van der Waals surface area (Å²) in [5.74, 6) is 0.897. The number of aromatic nitrogens is 7. The number of tetrazole rings is 1. The highest BCUT2D eigenvalue weighted by atomic mass is 16.1. The lowest BCUT2D eigenvalue weighted by molar-refractivity contribution is 0.0953. The first-order chi connectivity index (χ1) is 13.8. The van der Waals surface area contributed by atoms with E-state index in [0.717, 1.165) is 42.8 Å².